The average molecular weight is 223 g/mol. The third kappa shape index (κ3) is 2.65. The number of sulfonamides is 1. The molecule has 1 heterocycles. The highest BCUT2D eigenvalue weighted by Gasteiger charge is 2.13. The van der Waals surface area contributed by atoms with Gasteiger partial charge in [0.05, 0.1) is 0 Å². The Balaban J connectivity index is 2.94. The Morgan fingerprint density at radius 1 is 1.69 bits per heavy atom. The number of anilines is 1. The Labute approximate surface area is 77.3 Å². The molecule has 0 spiro atoms. The van der Waals surface area contributed by atoms with Crippen LogP contribution in [0.25, 0.3) is 0 Å². The summed E-state index contributed by atoms with van der Waals surface area (Å²) in [6, 6.07) is 0. The average Bonchev–Trinajstić information content (AvgIpc) is 2.32. The number of carbonyl (C=O) groups is 1. The van der Waals surface area contributed by atoms with Crippen LogP contribution in [0.4, 0.5) is 9.93 Å². The molecule has 0 atom stereocenters. The summed E-state index contributed by atoms with van der Waals surface area (Å²) < 4.78 is 21.4. The van der Waals surface area contributed by atoms with Crippen molar-refractivity contribution < 1.29 is 18.3 Å². The van der Waals surface area contributed by atoms with Gasteiger partial charge in [-0.15, -0.1) is 11.3 Å². The van der Waals surface area contributed by atoms with Crippen molar-refractivity contribution in [3.63, 3.8) is 0 Å². The van der Waals surface area contributed by atoms with E-state index in [9.17, 15) is 13.2 Å². The minimum absolute atomic E-state index is 0.0310. The molecule has 0 aliphatic rings. The van der Waals surface area contributed by atoms with Gasteiger partial charge in [0.2, 0.25) is 0 Å². The number of primary sulfonamides is 1. The van der Waals surface area contributed by atoms with E-state index in [2.05, 4.69) is 4.98 Å². The monoisotopic (exact) mass is 223 g/mol. The van der Waals surface area contributed by atoms with Gasteiger partial charge in [0.1, 0.15) is 0 Å². The lowest BCUT2D eigenvalue weighted by Gasteiger charge is -1.91. The summed E-state index contributed by atoms with van der Waals surface area (Å²) in [5.41, 5.74) is 0. The molecular weight excluding hydrogens is 218 g/mol. The molecule has 0 aliphatic heterocycles. The lowest BCUT2D eigenvalue weighted by atomic mass is 10.9. The van der Waals surface area contributed by atoms with Gasteiger partial charge in [0.15, 0.2) is 10.2 Å². The van der Waals surface area contributed by atoms with E-state index >= 15 is 0 Å². The van der Waals surface area contributed by atoms with Crippen LogP contribution in [-0.4, -0.2) is 24.6 Å². The zero-order valence-electron chi connectivity index (χ0n) is 6.09. The van der Waals surface area contributed by atoms with Crippen molar-refractivity contribution in [2.45, 2.75) is 5.03 Å². The standard InChI is InChI=1S/C4H5N3O4S2/c5-13(10,11)2-1-12-3(6-2)7-4(8)9/h1H,(H,6,7)(H,8,9)(H2,5,10,11). The van der Waals surface area contributed by atoms with Crippen LogP contribution in [0.2, 0.25) is 0 Å². The van der Waals surface area contributed by atoms with Crippen molar-refractivity contribution in [2.75, 3.05) is 5.32 Å². The van der Waals surface area contributed by atoms with Gasteiger partial charge >= 0.3 is 6.09 Å². The molecule has 0 aliphatic carbocycles. The van der Waals surface area contributed by atoms with Crippen LogP contribution in [0.5, 0.6) is 0 Å². The van der Waals surface area contributed by atoms with Crippen molar-refractivity contribution in [1.82, 2.24) is 4.98 Å². The van der Waals surface area contributed by atoms with Crippen LogP contribution in [0.15, 0.2) is 10.4 Å². The molecule has 1 aromatic heterocycles. The topological polar surface area (TPSA) is 122 Å². The number of rotatable bonds is 2. The van der Waals surface area contributed by atoms with E-state index in [0.717, 1.165) is 16.7 Å². The van der Waals surface area contributed by atoms with Crippen LogP contribution >= 0.6 is 11.3 Å². The summed E-state index contributed by atoms with van der Waals surface area (Å²) in [6.45, 7) is 0. The van der Waals surface area contributed by atoms with Crippen LogP contribution in [0.1, 0.15) is 0 Å². The maximum Gasteiger partial charge on any atom is 0.410 e. The van der Waals surface area contributed by atoms with Crippen LogP contribution < -0.4 is 10.5 Å². The summed E-state index contributed by atoms with van der Waals surface area (Å²) in [4.78, 5) is 13.5. The van der Waals surface area contributed by atoms with E-state index in [1.807, 2.05) is 5.32 Å². The number of amides is 1. The molecule has 0 saturated heterocycles. The zero-order valence-corrected chi connectivity index (χ0v) is 7.72. The van der Waals surface area contributed by atoms with Gasteiger partial charge in [-0.1, -0.05) is 0 Å². The Kier molecular flexibility index (Phi) is 2.50. The normalized spacial score (nSPS) is 11.2. The highest BCUT2D eigenvalue weighted by atomic mass is 32.2. The first kappa shape index (κ1) is 9.89. The maximum absolute atomic E-state index is 10.7. The zero-order chi connectivity index (χ0) is 10.1. The van der Waals surface area contributed by atoms with Gasteiger partial charge in [0.25, 0.3) is 10.0 Å². The second-order valence-electron chi connectivity index (χ2n) is 1.97. The van der Waals surface area contributed by atoms with Crippen LogP contribution in [0.3, 0.4) is 0 Å². The quantitative estimate of drug-likeness (QED) is 0.645. The fourth-order valence-corrected chi connectivity index (χ4v) is 2.06. The summed E-state index contributed by atoms with van der Waals surface area (Å²) in [6.07, 6.45) is -1.31. The molecule has 1 rings (SSSR count). The third-order valence-corrected chi connectivity index (χ3v) is 2.69. The van der Waals surface area contributed by atoms with Crippen LogP contribution in [-0.2, 0) is 10.0 Å². The summed E-state index contributed by atoms with van der Waals surface area (Å²) in [7, 11) is -3.85. The van der Waals surface area contributed by atoms with E-state index < -0.39 is 16.1 Å². The molecule has 72 valence electrons. The molecular formula is C4H5N3O4S2. The fraction of sp³-hybridized carbons (Fsp3) is 0. The summed E-state index contributed by atoms with van der Waals surface area (Å²) in [5, 5.41) is 15.7. The van der Waals surface area contributed by atoms with Gasteiger partial charge < -0.3 is 5.11 Å². The van der Waals surface area contributed by atoms with Crippen molar-refractivity contribution in [3.05, 3.63) is 5.38 Å². The highest BCUT2D eigenvalue weighted by Crippen LogP contribution is 2.17. The molecule has 0 bridgehead atoms. The minimum atomic E-state index is -3.85. The van der Waals surface area contributed by atoms with Crippen molar-refractivity contribution >= 4 is 32.6 Å². The molecule has 4 N–H and O–H groups in total. The number of aromatic nitrogens is 1. The number of nitrogens with two attached hydrogens (primary N) is 1. The molecule has 0 aromatic carbocycles. The first-order valence-electron chi connectivity index (χ1n) is 2.88. The Bertz CT molecular complexity index is 422. The van der Waals surface area contributed by atoms with Gasteiger partial charge in [-0.05, 0) is 0 Å². The van der Waals surface area contributed by atoms with E-state index in [-0.39, 0.29) is 10.2 Å². The fourth-order valence-electron chi connectivity index (χ4n) is 0.539. The Morgan fingerprint density at radius 2 is 2.31 bits per heavy atom. The van der Waals surface area contributed by atoms with E-state index in [1.165, 1.54) is 0 Å². The van der Waals surface area contributed by atoms with Crippen molar-refractivity contribution in [1.29, 1.82) is 0 Å². The van der Waals surface area contributed by atoms with Crippen molar-refractivity contribution in [2.24, 2.45) is 5.14 Å². The van der Waals surface area contributed by atoms with E-state index in [4.69, 9.17) is 10.2 Å². The largest absolute Gasteiger partial charge is 0.465 e. The van der Waals surface area contributed by atoms with E-state index in [1.54, 1.807) is 0 Å². The second-order valence-corrected chi connectivity index (χ2v) is 4.33. The second kappa shape index (κ2) is 3.28. The minimum Gasteiger partial charge on any atom is -0.465 e. The summed E-state index contributed by atoms with van der Waals surface area (Å²) in [5.74, 6) is 0. The molecule has 13 heavy (non-hydrogen) atoms. The molecule has 1 amide bonds. The predicted octanol–water partition coefficient (Wildman–Crippen LogP) is -0.120. The molecule has 0 saturated carbocycles. The lowest BCUT2D eigenvalue weighted by molar-refractivity contribution is 0.209. The number of hydrogen-bond donors (Lipinski definition) is 3. The number of nitrogens with zero attached hydrogens (tertiary/aromatic N) is 1. The van der Waals surface area contributed by atoms with Crippen LogP contribution in [0, 0.1) is 0 Å². The molecule has 1 aromatic rings. The molecule has 0 fully saturated rings. The first-order chi connectivity index (χ1) is 5.89. The smallest absolute Gasteiger partial charge is 0.410 e. The Morgan fingerprint density at radius 3 is 2.69 bits per heavy atom. The molecule has 0 radical (unpaired) electrons. The molecule has 7 nitrogen and oxygen atoms in total. The summed E-state index contributed by atoms with van der Waals surface area (Å²) >= 11 is 0.843. The molecule has 0 unspecified atom stereocenters. The maximum atomic E-state index is 10.7. The van der Waals surface area contributed by atoms with E-state index in [0.29, 0.717) is 0 Å². The van der Waals surface area contributed by atoms with Gasteiger partial charge in [-0.2, -0.15) is 0 Å². The number of nitrogens with one attached hydrogen (secondary N) is 1. The lowest BCUT2D eigenvalue weighted by Crippen LogP contribution is -2.13. The first-order valence-corrected chi connectivity index (χ1v) is 5.30. The Hall–Kier alpha value is -1.19. The highest BCUT2D eigenvalue weighted by molar-refractivity contribution is 7.89. The van der Waals surface area contributed by atoms with Gasteiger partial charge in [0, 0.05) is 5.38 Å². The third-order valence-electron chi connectivity index (χ3n) is 0.988. The number of thiazole rings is 1. The van der Waals surface area contributed by atoms with Gasteiger partial charge in [-0.25, -0.2) is 23.3 Å². The molecule has 9 heteroatoms. The SMILES string of the molecule is NS(=O)(=O)c1csc(NC(=O)O)n1. The number of hydrogen-bond acceptors (Lipinski definition) is 5. The predicted molar refractivity (Wildman–Crippen MR) is 45.1 cm³/mol. The van der Waals surface area contributed by atoms with Gasteiger partial charge in [-0.3, -0.25) is 5.32 Å². The number of carboxylic acid groups (broad SMARTS) is 1. The van der Waals surface area contributed by atoms with Crippen molar-refractivity contribution in [3.8, 4) is 0 Å².